The number of nitrogens with one attached hydrogen (secondary N) is 2. The molecule has 0 unspecified atom stereocenters. The number of hydrogen-bond acceptors (Lipinski definition) is 8. The molecule has 1 aromatic carbocycles. The predicted octanol–water partition coefficient (Wildman–Crippen LogP) is 3.09. The van der Waals surface area contributed by atoms with E-state index in [1.54, 1.807) is 24.3 Å². The topological polar surface area (TPSA) is 132 Å². The number of amides is 1. The third-order valence-electron chi connectivity index (χ3n) is 3.24. The lowest BCUT2D eigenvalue weighted by Gasteiger charge is -2.10. The summed E-state index contributed by atoms with van der Waals surface area (Å²) in [6, 6.07) is 9.66. The maximum Gasteiger partial charge on any atom is 0.374 e. The average Bonchev–Trinajstić information content (AvgIpc) is 2.68. The van der Waals surface area contributed by atoms with E-state index in [1.807, 2.05) is 0 Å². The summed E-state index contributed by atoms with van der Waals surface area (Å²) in [6.45, 7) is 0. The van der Waals surface area contributed by atoms with Gasteiger partial charge in [-0.2, -0.15) is 4.98 Å². The van der Waals surface area contributed by atoms with Crippen LogP contribution < -0.4 is 15.6 Å². The summed E-state index contributed by atoms with van der Waals surface area (Å²) in [5, 5.41) is 11.5. The highest BCUT2D eigenvalue weighted by molar-refractivity contribution is 9.10. The number of anilines is 1. The molecular weight excluding hydrogens is 420 g/mol. The number of carbonyl (C=O) groups is 1. The van der Waals surface area contributed by atoms with Crippen LogP contribution in [-0.4, -0.2) is 25.8 Å². The number of carbonyl (C=O) groups excluding carboxylic acids is 1. The molecule has 0 aliphatic heterocycles. The first-order chi connectivity index (χ1) is 13.0. The van der Waals surface area contributed by atoms with Gasteiger partial charge in [-0.05, 0) is 36.4 Å². The van der Waals surface area contributed by atoms with Gasteiger partial charge < -0.3 is 4.74 Å². The van der Waals surface area contributed by atoms with Crippen molar-refractivity contribution in [2.45, 2.75) is 0 Å². The number of rotatable bonds is 6. The van der Waals surface area contributed by atoms with Gasteiger partial charge in [-0.3, -0.25) is 30.7 Å². The molecule has 0 atom stereocenters. The van der Waals surface area contributed by atoms with Crippen LogP contribution in [0.3, 0.4) is 0 Å². The first-order valence-electron chi connectivity index (χ1n) is 7.44. The molecule has 0 saturated heterocycles. The molecule has 0 spiro atoms. The largest absolute Gasteiger partial charge is 0.434 e. The van der Waals surface area contributed by atoms with Crippen molar-refractivity contribution in [2.24, 2.45) is 0 Å². The first-order valence-corrected chi connectivity index (χ1v) is 8.23. The third kappa shape index (κ3) is 4.52. The molecule has 10 nitrogen and oxygen atoms in total. The van der Waals surface area contributed by atoms with E-state index in [0.717, 1.165) is 10.8 Å². The molecule has 136 valence electrons. The van der Waals surface area contributed by atoms with Crippen LogP contribution in [0, 0.1) is 10.1 Å². The smallest absolute Gasteiger partial charge is 0.374 e. The number of halogens is 1. The number of nitrogens with zero attached hydrogens (tertiary/aromatic N) is 4. The molecule has 0 bridgehead atoms. The Bertz CT molecular complexity index is 968. The molecule has 0 radical (unpaired) electrons. The summed E-state index contributed by atoms with van der Waals surface area (Å²) in [5.74, 6) is -0.644. The van der Waals surface area contributed by atoms with E-state index in [9.17, 15) is 14.9 Å². The van der Waals surface area contributed by atoms with E-state index in [4.69, 9.17) is 4.74 Å². The predicted molar refractivity (Wildman–Crippen MR) is 98.2 cm³/mol. The second kappa shape index (κ2) is 8.19. The molecule has 2 N–H and O–H groups in total. The summed E-state index contributed by atoms with van der Waals surface area (Å²) in [6.07, 6.45) is 3.99. The Balaban J connectivity index is 1.82. The van der Waals surface area contributed by atoms with Gasteiger partial charge in [-0.1, -0.05) is 15.9 Å². The van der Waals surface area contributed by atoms with Crippen molar-refractivity contribution in [3.8, 4) is 11.6 Å². The summed E-state index contributed by atoms with van der Waals surface area (Å²) >= 11 is 3.29. The number of hydrazine groups is 1. The minimum Gasteiger partial charge on any atom is -0.434 e. The molecule has 3 aromatic rings. The van der Waals surface area contributed by atoms with Gasteiger partial charge in [0.15, 0.2) is 0 Å². The molecule has 11 heteroatoms. The molecule has 1 amide bonds. The van der Waals surface area contributed by atoms with E-state index in [-0.39, 0.29) is 11.7 Å². The molecule has 0 aliphatic rings. The van der Waals surface area contributed by atoms with Gasteiger partial charge >= 0.3 is 11.6 Å². The quantitative estimate of drug-likeness (QED) is 0.450. The standard InChI is InChI=1S/C16H11BrN6O4/c17-11-1-3-12(4-2-11)27-16-13(23(25)26)14(19-9-20-16)21-22-15(24)10-5-7-18-8-6-10/h1-9H,(H,22,24)(H,19,20,21). The van der Waals surface area contributed by atoms with Crippen LogP contribution in [0.15, 0.2) is 59.6 Å². The Kier molecular flexibility index (Phi) is 5.52. The molecule has 0 saturated carbocycles. The normalized spacial score (nSPS) is 10.1. The van der Waals surface area contributed by atoms with Crippen LogP contribution in [0.1, 0.15) is 10.4 Å². The maximum atomic E-state index is 12.1. The van der Waals surface area contributed by atoms with Crippen LogP contribution in [0.25, 0.3) is 0 Å². The fraction of sp³-hybridized carbons (Fsp3) is 0. The molecule has 2 aromatic heterocycles. The van der Waals surface area contributed by atoms with Gasteiger partial charge in [0.05, 0.1) is 4.92 Å². The third-order valence-corrected chi connectivity index (χ3v) is 3.77. The number of hydrogen-bond donors (Lipinski definition) is 2. The zero-order valence-electron chi connectivity index (χ0n) is 13.5. The fourth-order valence-corrected chi connectivity index (χ4v) is 2.26. The monoisotopic (exact) mass is 430 g/mol. The van der Waals surface area contributed by atoms with Gasteiger partial charge in [0, 0.05) is 22.4 Å². The van der Waals surface area contributed by atoms with E-state index in [1.165, 1.54) is 24.5 Å². The van der Waals surface area contributed by atoms with Crippen molar-refractivity contribution < 1.29 is 14.5 Å². The highest BCUT2D eigenvalue weighted by Gasteiger charge is 2.25. The van der Waals surface area contributed by atoms with Crippen LogP contribution >= 0.6 is 15.9 Å². The molecule has 2 heterocycles. The van der Waals surface area contributed by atoms with Crippen molar-refractivity contribution in [1.82, 2.24) is 20.4 Å². The Morgan fingerprint density at radius 3 is 2.48 bits per heavy atom. The van der Waals surface area contributed by atoms with Crippen LogP contribution in [0.2, 0.25) is 0 Å². The van der Waals surface area contributed by atoms with E-state index in [0.29, 0.717) is 11.3 Å². The molecule has 0 aliphatic carbocycles. The Hall–Kier alpha value is -3.60. The second-order valence-corrected chi connectivity index (χ2v) is 5.92. The van der Waals surface area contributed by atoms with Crippen molar-refractivity contribution in [1.29, 1.82) is 0 Å². The molecule has 27 heavy (non-hydrogen) atoms. The van der Waals surface area contributed by atoms with Crippen LogP contribution in [0.5, 0.6) is 11.6 Å². The van der Waals surface area contributed by atoms with E-state index >= 15 is 0 Å². The molecule has 0 fully saturated rings. The number of aromatic nitrogens is 3. The lowest BCUT2D eigenvalue weighted by molar-refractivity contribution is -0.385. The zero-order valence-corrected chi connectivity index (χ0v) is 15.1. The Labute approximate surface area is 160 Å². The zero-order chi connectivity index (χ0) is 19.2. The van der Waals surface area contributed by atoms with Crippen molar-refractivity contribution in [3.05, 3.63) is 75.3 Å². The molecule has 3 rings (SSSR count). The average molecular weight is 431 g/mol. The summed E-state index contributed by atoms with van der Waals surface area (Å²) in [4.78, 5) is 34.3. The highest BCUT2D eigenvalue weighted by Crippen LogP contribution is 2.33. The summed E-state index contributed by atoms with van der Waals surface area (Å²) < 4.78 is 6.31. The van der Waals surface area contributed by atoms with Gasteiger partial charge in [-0.15, -0.1) is 0 Å². The highest BCUT2D eigenvalue weighted by atomic mass is 79.9. The Morgan fingerprint density at radius 2 is 1.81 bits per heavy atom. The molecular formula is C16H11BrN6O4. The SMILES string of the molecule is O=C(NNc1ncnc(Oc2ccc(Br)cc2)c1[N+](=O)[O-])c1ccncc1. The van der Waals surface area contributed by atoms with Gasteiger partial charge in [0.2, 0.25) is 5.82 Å². The van der Waals surface area contributed by atoms with Gasteiger partial charge in [0.25, 0.3) is 5.91 Å². The van der Waals surface area contributed by atoms with Crippen molar-refractivity contribution in [3.63, 3.8) is 0 Å². The van der Waals surface area contributed by atoms with Crippen LogP contribution in [-0.2, 0) is 0 Å². The Morgan fingerprint density at radius 1 is 1.11 bits per heavy atom. The number of nitro groups is 1. The van der Waals surface area contributed by atoms with E-state index < -0.39 is 16.5 Å². The van der Waals surface area contributed by atoms with Crippen molar-refractivity contribution in [2.75, 3.05) is 5.43 Å². The van der Waals surface area contributed by atoms with Crippen molar-refractivity contribution >= 4 is 33.3 Å². The minimum absolute atomic E-state index is 0.218. The van der Waals surface area contributed by atoms with Gasteiger partial charge in [-0.25, -0.2) is 4.98 Å². The minimum atomic E-state index is -0.699. The fourth-order valence-electron chi connectivity index (χ4n) is 2.00. The number of pyridine rings is 1. The van der Waals surface area contributed by atoms with Crippen LogP contribution in [0.4, 0.5) is 11.5 Å². The number of benzene rings is 1. The summed E-state index contributed by atoms with van der Waals surface area (Å²) in [7, 11) is 0. The lowest BCUT2D eigenvalue weighted by atomic mass is 10.3. The second-order valence-electron chi connectivity index (χ2n) is 5.00. The van der Waals surface area contributed by atoms with E-state index in [2.05, 4.69) is 41.7 Å². The number of ether oxygens (including phenoxy) is 1. The maximum absolute atomic E-state index is 12.1. The van der Waals surface area contributed by atoms with Gasteiger partial charge in [0.1, 0.15) is 12.1 Å². The summed E-state index contributed by atoms with van der Waals surface area (Å²) in [5.41, 5.74) is 4.57. The first kappa shape index (κ1) is 18.2. The lowest BCUT2D eigenvalue weighted by Crippen LogP contribution is -2.30.